The van der Waals surface area contributed by atoms with Crippen molar-refractivity contribution in [1.82, 2.24) is 14.8 Å². The molecule has 1 aliphatic heterocycles. The smallest absolute Gasteiger partial charge is 0.227 e. The Kier molecular flexibility index (Phi) is 6.28. The van der Waals surface area contributed by atoms with Gasteiger partial charge in [0.05, 0.1) is 18.7 Å². The molecule has 6 nitrogen and oxygen atoms in total. The summed E-state index contributed by atoms with van der Waals surface area (Å²) < 4.78 is 21.9. The van der Waals surface area contributed by atoms with Gasteiger partial charge in [0.2, 0.25) is 5.91 Å². The summed E-state index contributed by atoms with van der Waals surface area (Å²) in [7, 11) is 0. The fraction of sp³-hybridized carbons (Fsp3) is 0.318. The number of hydrogen-bond acceptors (Lipinski definition) is 4. The van der Waals surface area contributed by atoms with E-state index in [2.05, 4.69) is 20.1 Å². The van der Waals surface area contributed by atoms with Gasteiger partial charge in [-0.3, -0.25) is 4.79 Å². The average molecular weight is 429 g/mol. The van der Waals surface area contributed by atoms with Gasteiger partial charge in [-0.25, -0.2) is 4.39 Å². The van der Waals surface area contributed by atoms with E-state index in [0.29, 0.717) is 16.6 Å². The van der Waals surface area contributed by atoms with Gasteiger partial charge in [-0.1, -0.05) is 18.0 Å². The average Bonchev–Trinajstić information content (AvgIpc) is 2.99. The normalized spacial score (nSPS) is 13.4. The maximum Gasteiger partial charge on any atom is 0.227 e. The maximum atomic E-state index is 14.3. The molecule has 0 bridgehead atoms. The van der Waals surface area contributed by atoms with E-state index >= 15 is 0 Å². The number of amides is 1. The van der Waals surface area contributed by atoms with Gasteiger partial charge in [-0.15, -0.1) is 10.2 Å². The molecule has 8 heteroatoms. The van der Waals surface area contributed by atoms with E-state index < -0.39 is 5.82 Å². The first-order valence-corrected chi connectivity index (χ1v) is 10.4. The molecule has 0 saturated carbocycles. The van der Waals surface area contributed by atoms with Crippen LogP contribution in [0.15, 0.2) is 42.5 Å². The van der Waals surface area contributed by atoms with Crippen molar-refractivity contribution in [3.05, 3.63) is 59.1 Å². The van der Waals surface area contributed by atoms with Crippen LogP contribution in [0.25, 0.3) is 11.4 Å². The molecule has 1 aromatic heterocycles. The predicted molar refractivity (Wildman–Crippen MR) is 113 cm³/mol. The molecule has 1 amide bonds. The Balaban J connectivity index is 1.41. The van der Waals surface area contributed by atoms with Crippen LogP contribution in [0.3, 0.4) is 0 Å². The van der Waals surface area contributed by atoms with Gasteiger partial charge in [0.25, 0.3) is 0 Å². The van der Waals surface area contributed by atoms with E-state index in [-0.39, 0.29) is 24.6 Å². The fourth-order valence-electron chi connectivity index (χ4n) is 3.46. The summed E-state index contributed by atoms with van der Waals surface area (Å²) in [4.78, 5) is 12.3. The first-order chi connectivity index (χ1) is 14.6. The van der Waals surface area contributed by atoms with Crippen LogP contribution in [0.1, 0.15) is 31.5 Å². The Labute approximate surface area is 179 Å². The van der Waals surface area contributed by atoms with Crippen molar-refractivity contribution in [2.45, 2.75) is 38.6 Å². The summed E-state index contributed by atoms with van der Waals surface area (Å²) in [6.45, 7) is 1.02. The van der Waals surface area contributed by atoms with Crippen molar-refractivity contribution in [3.63, 3.8) is 0 Å². The molecule has 1 aliphatic rings. The van der Waals surface area contributed by atoms with Crippen LogP contribution < -0.4 is 10.1 Å². The number of aryl methyl sites for hydroxylation is 1. The van der Waals surface area contributed by atoms with Crippen molar-refractivity contribution in [3.8, 4) is 17.1 Å². The van der Waals surface area contributed by atoms with Gasteiger partial charge in [-0.2, -0.15) is 0 Å². The Morgan fingerprint density at radius 2 is 1.97 bits per heavy atom. The third-order valence-corrected chi connectivity index (χ3v) is 5.27. The minimum absolute atomic E-state index is 0.0899. The van der Waals surface area contributed by atoms with Gasteiger partial charge < -0.3 is 14.6 Å². The van der Waals surface area contributed by atoms with Crippen molar-refractivity contribution in [2.24, 2.45) is 0 Å². The number of benzene rings is 2. The number of halogens is 2. The zero-order valence-electron chi connectivity index (χ0n) is 16.4. The Morgan fingerprint density at radius 1 is 1.13 bits per heavy atom. The molecule has 0 radical (unpaired) electrons. The van der Waals surface area contributed by atoms with Crippen molar-refractivity contribution in [2.75, 3.05) is 11.9 Å². The first kappa shape index (κ1) is 20.3. The number of fused-ring (bicyclic) bond motifs is 1. The number of nitrogens with zero attached hydrogens (tertiary/aromatic N) is 3. The third-order valence-electron chi connectivity index (χ3n) is 5.02. The number of anilines is 1. The molecule has 0 aliphatic carbocycles. The van der Waals surface area contributed by atoms with Crippen LogP contribution in [0.2, 0.25) is 5.02 Å². The lowest BCUT2D eigenvalue weighted by Crippen LogP contribution is -2.16. The predicted octanol–water partition coefficient (Wildman–Crippen LogP) is 4.87. The van der Waals surface area contributed by atoms with E-state index in [1.165, 1.54) is 6.07 Å². The number of nitrogens with one attached hydrogen (secondary N) is 1. The molecule has 2 aromatic carbocycles. The minimum Gasteiger partial charge on any atom is -0.493 e. The van der Waals surface area contributed by atoms with E-state index in [4.69, 9.17) is 16.3 Å². The molecule has 3 aromatic rings. The highest BCUT2D eigenvalue weighted by Gasteiger charge is 2.17. The standard InChI is InChI=1S/C22H22ClFN4O2/c23-16-6-8-17(9-7-16)30-13-11-21(29)25-19-14-15(5-10-18(19)24)22-27-26-20-4-2-1-3-12-28(20)22/h5-10,14H,1-4,11-13H2,(H,25,29). The Hall–Kier alpha value is -2.93. The SMILES string of the molecule is O=C(CCOc1ccc(Cl)cc1)Nc1cc(-c2nnc3n2CCCCC3)ccc1F. The van der Waals surface area contributed by atoms with E-state index in [0.717, 1.165) is 43.6 Å². The quantitative estimate of drug-likeness (QED) is 0.608. The molecule has 156 valence electrons. The van der Waals surface area contributed by atoms with Gasteiger partial charge in [0.15, 0.2) is 5.82 Å². The highest BCUT2D eigenvalue weighted by molar-refractivity contribution is 6.30. The zero-order chi connectivity index (χ0) is 20.9. The molecule has 1 N–H and O–H groups in total. The molecule has 0 fully saturated rings. The van der Waals surface area contributed by atoms with E-state index in [1.807, 2.05) is 0 Å². The van der Waals surface area contributed by atoms with Gasteiger partial charge in [0, 0.05) is 23.6 Å². The number of hydrogen-bond donors (Lipinski definition) is 1. The van der Waals surface area contributed by atoms with Gasteiger partial charge in [0.1, 0.15) is 17.4 Å². The summed E-state index contributed by atoms with van der Waals surface area (Å²) >= 11 is 5.83. The lowest BCUT2D eigenvalue weighted by molar-refractivity contribution is -0.116. The molecular weight excluding hydrogens is 407 g/mol. The van der Waals surface area contributed by atoms with Crippen LogP contribution in [0.5, 0.6) is 5.75 Å². The summed E-state index contributed by atoms with van der Waals surface area (Å²) in [5.74, 6) is 1.44. The molecule has 2 heterocycles. The number of rotatable bonds is 6. The summed E-state index contributed by atoms with van der Waals surface area (Å²) in [6, 6.07) is 11.5. The van der Waals surface area contributed by atoms with E-state index in [9.17, 15) is 9.18 Å². The summed E-state index contributed by atoms with van der Waals surface area (Å²) in [5, 5.41) is 11.8. The molecule has 0 spiro atoms. The third kappa shape index (κ3) is 4.79. The minimum atomic E-state index is -0.499. The second-order valence-corrected chi connectivity index (χ2v) is 7.63. The summed E-state index contributed by atoms with van der Waals surface area (Å²) in [6.07, 6.45) is 4.31. The zero-order valence-corrected chi connectivity index (χ0v) is 17.2. The second-order valence-electron chi connectivity index (χ2n) is 7.20. The number of carbonyl (C=O) groups is 1. The molecule has 30 heavy (non-hydrogen) atoms. The number of aromatic nitrogens is 3. The molecule has 0 saturated heterocycles. The molecule has 0 atom stereocenters. The topological polar surface area (TPSA) is 69.0 Å². The van der Waals surface area contributed by atoms with Crippen LogP contribution in [-0.2, 0) is 17.8 Å². The maximum absolute atomic E-state index is 14.3. The molecule has 4 rings (SSSR count). The van der Waals surface area contributed by atoms with Gasteiger partial charge >= 0.3 is 0 Å². The highest BCUT2D eigenvalue weighted by Crippen LogP contribution is 2.26. The number of carbonyl (C=O) groups excluding carboxylic acids is 1. The van der Waals surface area contributed by atoms with Crippen molar-refractivity contribution < 1.29 is 13.9 Å². The van der Waals surface area contributed by atoms with Crippen LogP contribution in [-0.4, -0.2) is 27.3 Å². The van der Waals surface area contributed by atoms with Crippen LogP contribution >= 0.6 is 11.6 Å². The summed E-state index contributed by atoms with van der Waals surface area (Å²) in [5.41, 5.74) is 0.847. The number of ether oxygens (including phenoxy) is 1. The Morgan fingerprint density at radius 3 is 2.80 bits per heavy atom. The van der Waals surface area contributed by atoms with Crippen molar-refractivity contribution >= 4 is 23.2 Å². The highest BCUT2D eigenvalue weighted by atomic mass is 35.5. The van der Waals surface area contributed by atoms with Crippen molar-refractivity contribution in [1.29, 1.82) is 0 Å². The monoisotopic (exact) mass is 428 g/mol. The molecule has 0 unspecified atom stereocenters. The first-order valence-electron chi connectivity index (χ1n) is 10.0. The lowest BCUT2D eigenvalue weighted by atomic mass is 10.1. The fourth-order valence-corrected chi connectivity index (χ4v) is 3.59. The lowest BCUT2D eigenvalue weighted by Gasteiger charge is -2.11. The largest absolute Gasteiger partial charge is 0.493 e. The van der Waals surface area contributed by atoms with Crippen LogP contribution in [0.4, 0.5) is 10.1 Å². The molecular formula is C22H22ClFN4O2. The second kappa shape index (κ2) is 9.26. The van der Waals surface area contributed by atoms with Crippen LogP contribution in [0, 0.1) is 5.82 Å². The Bertz CT molecular complexity index is 1040. The van der Waals surface area contributed by atoms with Gasteiger partial charge in [-0.05, 0) is 55.3 Å². The van der Waals surface area contributed by atoms with E-state index in [1.54, 1.807) is 36.4 Å².